The molecule has 0 bridgehead atoms. The maximum absolute atomic E-state index is 12.7. The fraction of sp³-hybridized carbons (Fsp3) is 0.938. The molecule has 0 spiro atoms. The SMILES string of the molecule is CCCCCCCCCCC(NC)C(=O)NCCN(CCN)CCNC(=O)C(CCCCCCCCCC)NC. The van der Waals surface area contributed by atoms with Gasteiger partial charge in [0.1, 0.15) is 0 Å². The van der Waals surface area contributed by atoms with E-state index in [1.54, 1.807) is 0 Å². The standard InChI is InChI=1S/C32H68N6O2/c1-5-7-9-11-13-15-17-19-21-29(34-3)31(39)36-24-27-38(26-23-33)28-25-37-32(40)30(35-4)22-20-18-16-14-12-10-8-6-2/h29-30,34-35H,5-28,33H2,1-4H3,(H,36,39)(H,37,40). The highest BCUT2D eigenvalue weighted by Gasteiger charge is 2.17. The van der Waals surface area contributed by atoms with E-state index in [2.05, 4.69) is 40.0 Å². The van der Waals surface area contributed by atoms with Crippen molar-refractivity contribution in [2.75, 3.05) is 53.4 Å². The van der Waals surface area contributed by atoms with Gasteiger partial charge in [-0.15, -0.1) is 0 Å². The fourth-order valence-electron chi connectivity index (χ4n) is 5.22. The summed E-state index contributed by atoms with van der Waals surface area (Å²) >= 11 is 0. The smallest absolute Gasteiger partial charge is 0.237 e. The topological polar surface area (TPSA) is 112 Å². The third-order valence-corrected chi connectivity index (χ3v) is 7.92. The molecule has 0 rings (SSSR count). The van der Waals surface area contributed by atoms with Crippen molar-refractivity contribution in [3.8, 4) is 0 Å². The number of likely N-dealkylation sites (N-methyl/N-ethyl adjacent to an activating group) is 2. The van der Waals surface area contributed by atoms with Crippen LogP contribution in [0, 0.1) is 0 Å². The molecule has 6 N–H and O–H groups in total. The lowest BCUT2D eigenvalue weighted by Gasteiger charge is -2.23. The molecule has 0 radical (unpaired) electrons. The molecule has 0 saturated heterocycles. The lowest BCUT2D eigenvalue weighted by atomic mass is 10.0. The molecule has 8 nitrogen and oxygen atoms in total. The number of amides is 2. The van der Waals surface area contributed by atoms with E-state index in [0.29, 0.717) is 19.6 Å². The quantitative estimate of drug-likeness (QED) is 0.0802. The molecule has 0 saturated carbocycles. The minimum absolute atomic E-state index is 0.0734. The monoisotopic (exact) mass is 569 g/mol. The van der Waals surface area contributed by atoms with Crippen molar-refractivity contribution in [1.82, 2.24) is 26.2 Å². The summed E-state index contributed by atoms with van der Waals surface area (Å²) in [5.74, 6) is 0.147. The van der Waals surface area contributed by atoms with E-state index in [4.69, 9.17) is 5.73 Å². The highest BCUT2D eigenvalue weighted by molar-refractivity contribution is 5.82. The molecule has 2 unspecified atom stereocenters. The predicted molar refractivity (Wildman–Crippen MR) is 172 cm³/mol. The van der Waals surface area contributed by atoms with Crippen LogP contribution in [0.15, 0.2) is 0 Å². The summed E-state index contributed by atoms with van der Waals surface area (Å²) in [5.41, 5.74) is 5.82. The molecular formula is C32H68N6O2. The van der Waals surface area contributed by atoms with E-state index < -0.39 is 0 Å². The van der Waals surface area contributed by atoms with Crippen molar-refractivity contribution in [1.29, 1.82) is 0 Å². The summed E-state index contributed by atoms with van der Waals surface area (Å²) in [6.07, 6.45) is 22.1. The van der Waals surface area contributed by atoms with Crippen molar-refractivity contribution in [2.24, 2.45) is 5.73 Å². The molecular weight excluding hydrogens is 500 g/mol. The molecule has 0 aliphatic heterocycles. The van der Waals surface area contributed by atoms with E-state index in [1.807, 2.05) is 14.1 Å². The van der Waals surface area contributed by atoms with Crippen molar-refractivity contribution in [2.45, 2.75) is 142 Å². The van der Waals surface area contributed by atoms with Gasteiger partial charge in [-0.1, -0.05) is 117 Å². The predicted octanol–water partition coefficient (Wildman–Crippen LogP) is 4.72. The Balaban J connectivity index is 4.14. The number of nitrogens with zero attached hydrogens (tertiary/aromatic N) is 1. The Kier molecular flexibility index (Phi) is 28.4. The van der Waals surface area contributed by atoms with E-state index in [1.165, 1.54) is 89.9 Å². The van der Waals surface area contributed by atoms with Crippen LogP contribution >= 0.6 is 0 Å². The number of rotatable bonds is 30. The van der Waals surface area contributed by atoms with Crippen molar-refractivity contribution in [3.63, 3.8) is 0 Å². The third-order valence-electron chi connectivity index (χ3n) is 7.92. The zero-order chi connectivity index (χ0) is 29.7. The van der Waals surface area contributed by atoms with Gasteiger partial charge in [-0.05, 0) is 26.9 Å². The summed E-state index contributed by atoms with van der Waals surface area (Å²) in [7, 11) is 3.73. The Labute approximate surface area is 248 Å². The Hall–Kier alpha value is -1.22. The summed E-state index contributed by atoms with van der Waals surface area (Å²) in [4.78, 5) is 27.5. The van der Waals surface area contributed by atoms with Crippen LogP contribution in [0.1, 0.15) is 129 Å². The largest absolute Gasteiger partial charge is 0.353 e. The average Bonchev–Trinajstić information content (AvgIpc) is 2.95. The van der Waals surface area contributed by atoms with Gasteiger partial charge in [-0.3, -0.25) is 14.5 Å². The molecule has 0 aromatic heterocycles. The summed E-state index contributed by atoms with van der Waals surface area (Å²) < 4.78 is 0. The molecule has 0 fully saturated rings. The van der Waals surface area contributed by atoms with Gasteiger partial charge in [0.05, 0.1) is 12.1 Å². The van der Waals surface area contributed by atoms with Gasteiger partial charge in [0.15, 0.2) is 0 Å². The van der Waals surface area contributed by atoms with Crippen LogP contribution in [0.2, 0.25) is 0 Å². The third kappa shape index (κ3) is 22.5. The lowest BCUT2D eigenvalue weighted by Crippen LogP contribution is -2.47. The number of hydrogen-bond donors (Lipinski definition) is 5. The minimum atomic E-state index is -0.137. The van der Waals surface area contributed by atoms with Gasteiger partial charge in [-0.25, -0.2) is 0 Å². The highest BCUT2D eigenvalue weighted by atomic mass is 16.2. The van der Waals surface area contributed by atoms with Crippen molar-refractivity contribution >= 4 is 11.8 Å². The maximum atomic E-state index is 12.7. The molecule has 8 heteroatoms. The highest BCUT2D eigenvalue weighted by Crippen LogP contribution is 2.12. The lowest BCUT2D eigenvalue weighted by molar-refractivity contribution is -0.123. The molecule has 0 aromatic carbocycles. The zero-order valence-electron chi connectivity index (χ0n) is 27.0. The Morgan fingerprint density at radius 2 is 0.925 bits per heavy atom. The van der Waals surface area contributed by atoms with Gasteiger partial charge in [0.25, 0.3) is 0 Å². The Morgan fingerprint density at radius 1 is 0.575 bits per heavy atom. The molecule has 0 aromatic rings. The normalized spacial score (nSPS) is 12.9. The Bertz CT molecular complexity index is 532. The first-order chi connectivity index (χ1) is 19.5. The van der Waals surface area contributed by atoms with Gasteiger partial charge >= 0.3 is 0 Å². The van der Waals surface area contributed by atoms with E-state index in [0.717, 1.165) is 45.3 Å². The Morgan fingerprint density at radius 3 is 1.25 bits per heavy atom. The van der Waals surface area contributed by atoms with Crippen LogP contribution in [0.4, 0.5) is 0 Å². The first-order valence-electron chi connectivity index (χ1n) is 16.9. The van der Waals surface area contributed by atoms with Gasteiger partial charge < -0.3 is 27.0 Å². The first kappa shape index (κ1) is 38.8. The van der Waals surface area contributed by atoms with E-state index >= 15 is 0 Å². The number of carbonyl (C=O) groups is 2. The molecule has 0 aliphatic rings. The second-order valence-electron chi connectivity index (χ2n) is 11.4. The number of unbranched alkanes of at least 4 members (excludes halogenated alkanes) is 14. The number of hydrogen-bond acceptors (Lipinski definition) is 6. The van der Waals surface area contributed by atoms with Crippen LogP contribution in [-0.2, 0) is 9.59 Å². The average molecular weight is 569 g/mol. The second kappa shape index (κ2) is 29.3. The van der Waals surface area contributed by atoms with Crippen LogP contribution in [-0.4, -0.2) is 82.2 Å². The van der Waals surface area contributed by atoms with E-state index in [9.17, 15) is 9.59 Å². The number of nitrogens with two attached hydrogens (primary N) is 1. The van der Waals surface area contributed by atoms with Crippen LogP contribution in [0.3, 0.4) is 0 Å². The summed E-state index contributed by atoms with van der Waals surface area (Å²) in [5, 5.41) is 12.5. The van der Waals surface area contributed by atoms with Crippen molar-refractivity contribution in [3.05, 3.63) is 0 Å². The number of nitrogens with one attached hydrogen (secondary N) is 4. The molecule has 0 aliphatic carbocycles. The second-order valence-corrected chi connectivity index (χ2v) is 11.4. The number of carbonyl (C=O) groups excluding carboxylic acids is 2. The van der Waals surface area contributed by atoms with Gasteiger partial charge in [0.2, 0.25) is 11.8 Å². The molecule has 2 atom stereocenters. The van der Waals surface area contributed by atoms with Crippen LogP contribution < -0.4 is 27.0 Å². The molecule has 0 heterocycles. The van der Waals surface area contributed by atoms with Crippen LogP contribution in [0.5, 0.6) is 0 Å². The van der Waals surface area contributed by atoms with E-state index in [-0.39, 0.29) is 23.9 Å². The molecule has 238 valence electrons. The zero-order valence-corrected chi connectivity index (χ0v) is 27.0. The van der Waals surface area contributed by atoms with Gasteiger partial charge in [0, 0.05) is 39.3 Å². The first-order valence-corrected chi connectivity index (χ1v) is 16.9. The molecule has 2 amide bonds. The maximum Gasteiger partial charge on any atom is 0.237 e. The molecule has 40 heavy (non-hydrogen) atoms. The van der Waals surface area contributed by atoms with Crippen LogP contribution in [0.25, 0.3) is 0 Å². The van der Waals surface area contributed by atoms with Crippen molar-refractivity contribution < 1.29 is 9.59 Å². The fourth-order valence-corrected chi connectivity index (χ4v) is 5.22. The summed E-state index contributed by atoms with van der Waals surface area (Å²) in [6.45, 7) is 8.40. The van der Waals surface area contributed by atoms with Gasteiger partial charge in [-0.2, -0.15) is 0 Å². The minimum Gasteiger partial charge on any atom is -0.353 e. The summed E-state index contributed by atoms with van der Waals surface area (Å²) in [6, 6.07) is -0.274.